The fraction of sp³-hybridized carbons (Fsp3) is 0.261. The second-order valence-corrected chi connectivity index (χ2v) is 8.41. The lowest BCUT2D eigenvalue weighted by molar-refractivity contribution is -0.144. The van der Waals surface area contributed by atoms with Crippen molar-refractivity contribution in [2.75, 3.05) is 7.05 Å². The molecule has 3 atom stereocenters. The second-order valence-electron chi connectivity index (χ2n) is 7.98. The number of nitrogens with zero attached hydrogens (tertiary/aromatic N) is 1. The highest BCUT2D eigenvalue weighted by molar-refractivity contribution is 6.31. The first-order valence-corrected chi connectivity index (χ1v) is 10.5. The Labute approximate surface area is 189 Å². The molecule has 0 unspecified atom stereocenters. The molecule has 8 nitrogen and oxygen atoms in total. The number of hydrogen-bond acceptors (Lipinski definition) is 4. The number of aliphatic hydroxyl groups is 1. The lowest BCUT2D eigenvalue weighted by atomic mass is 10.0. The Bertz CT molecular complexity index is 1210. The molecule has 0 spiro atoms. The zero-order valence-electron chi connectivity index (χ0n) is 17.3. The number of nitrogens with two attached hydrogens (primary N) is 1. The lowest BCUT2D eigenvalue weighted by Crippen LogP contribution is -2.48. The van der Waals surface area contributed by atoms with Crippen LogP contribution in [-0.4, -0.2) is 51.9 Å². The van der Waals surface area contributed by atoms with E-state index in [0.29, 0.717) is 17.1 Å². The molecule has 32 heavy (non-hydrogen) atoms. The summed E-state index contributed by atoms with van der Waals surface area (Å²) in [5.41, 5.74) is 8.16. The van der Waals surface area contributed by atoms with Gasteiger partial charge in [-0.25, -0.2) is 0 Å². The van der Waals surface area contributed by atoms with Gasteiger partial charge in [0.25, 0.3) is 11.8 Å². The van der Waals surface area contributed by atoms with E-state index in [0.717, 1.165) is 22.0 Å². The molecule has 0 bridgehead atoms. The predicted molar refractivity (Wildman–Crippen MR) is 120 cm³/mol. The molecule has 166 valence electrons. The van der Waals surface area contributed by atoms with Gasteiger partial charge in [0.2, 0.25) is 5.91 Å². The Morgan fingerprint density at radius 2 is 2.00 bits per heavy atom. The maximum absolute atomic E-state index is 13.0. The number of aromatic amines is 1. The minimum Gasteiger partial charge on any atom is -0.383 e. The molecule has 1 heterocycles. The van der Waals surface area contributed by atoms with Gasteiger partial charge in [0.1, 0.15) is 11.8 Å². The van der Waals surface area contributed by atoms with E-state index < -0.39 is 36.4 Å². The van der Waals surface area contributed by atoms with Crippen LogP contribution in [0.1, 0.15) is 34.1 Å². The zero-order valence-corrected chi connectivity index (χ0v) is 18.1. The van der Waals surface area contributed by atoms with Crippen LogP contribution >= 0.6 is 11.6 Å². The molecule has 0 saturated carbocycles. The van der Waals surface area contributed by atoms with Crippen LogP contribution in [0, 0.1) is 0 Å². The molecule has 1 aliphatic carbocycles. The summed E-state index contributed by atoms with van der Waals surface area (Å²) in [5, 5.41) is 14.5. The SMILES string of the molecule is CN(C(=O)[C@@H](O)CC(N)=O)[C@@H]1c2ccccc2C[C@H]1NC(=O)c1cc2cc(Cl)ccc2[nH]1. The molecule has 1 aliphatic rings. The van der Waals surface area contributed by atoms with Gasteiger partial charge in [-0.2, -0.15) is 0 Å². The number of benzene rings is 2. The Morgan fingerprint density at radius 1 is 1.25 bits per heavy atom. The van der Waals surface area contributed by atoms with Crippen molar-refractivity contribution in [2.45, 2.75) is 31.0 Å². The van der Waals surface area contributed by atoms with Crippen LogP contribution in [0.15, 0.2) is 48.5 Å². The van der Waals surface area contributed by atoms with E-state index in [1.54, 1.807) is 31.3 Å². The third-order valence-electron chi connectivity index (χ3n) is 5.78. The lowest BCUT2D eigenvalue weighted by Gasteiger charge is -2.32. The quantitative estimate of drug-likeness (QED) is 0.453. The van der Waals surface area contributed by atoms with Gasteiger partial charge in [0.05, 0.1) is 18.5 Å². The van der Waals surface area contributed by atoms with Crippen LogP contribution in [0.3, 0.4) is 0 Å². The maximum Gasteiger partial charge on any atom is 0.268 e. The summed E-state index contributed by atoms with van der Waals surface area (Å²) in [6, 6.07) is 13.7. The predicted octanol–water partition coefficient (Wildman–Crippen LogP) is 1.91. The summed E-state index contributed by atoms with van der Waals surface area (Å²) in [6.07, 6.45) is -1.49. The van der Waals surface area contributed by atoms with Crippen molar-refractivity contribution in [1.82, 2.24) is 15.2 Å². The Balaban J connectivity index is 1.59. The van der Waals surface area contributed by atoms with Crippen molar-refractivity contribution in [1.29, 1.82) is 0 Å². The van der Waals surface area contributed by atoms with Gasteiger partial charge >= 0.3 is 0 Å². The normalized spacial score (nSPS) is 18.2. The maximum atomic E-state index is 13.0. The first kappa shape index (κ1) is 21.9. The number of halogens is 1. The molecule has 9 heteroatoms. The number of amides is 3. The molecule has 0 fully saturated rings. The Kier molecular flexibility index (Phi) is 5.90. The van der Waals surface area contributed by atoms with Crippen LogP contribution in [-0.2, 0) is 16.0 Å². The van der Waals surface area contributed by atoms with Gasteiger partial charge in [-0.15, -0.1) is 0 Å². The number of aliphatic hydroxyl groups excluding tert-OH is 1. The summed E-state index contributed by atoms with van der Waals surface area (Å²) in [4.78, 5) is 41.4. The van der Waals surface area contributed by atoms with Crippen molar-refractivity contribution in [3.63, 3.8) is 0 Å². The molecule has 2 aromatic carbocycles. The van der Waals surface area contributed by atoms with Crippen molar-refractivity contribution >= 4 is 40.2 Å². The molecule has 4 rings (SSSR count). The summed E-state index contributed by atoms with van der Waals surface area (Å²) in [6.45, 7) is 0. The number of primary amides is 1. The van der Waals surface area contributed by atoms with E-state index in [1.165, 1.54) is 4.90 Å². The molecule has 3 aromatic rings. The minimum atomic E-state index is -1.54. The smallest absolute Gasteiger partial charge is 0.268 e. The van der Waals surface area contributed by atoms with Crippen LogP contribution in [0.5, 0.6) is 0 Å². The average Bonchev–Trinajstić information content (AvgIpc) is 3.32. The highest BCUT2D eigenvalue weighted by atomic mass is 35.5. The van der Waals surface area contributed by atoms with Crippen LogP contribution in [0.25, 0.3) is 10.9 Å². The molecular weight excluding hydrogens is 432 g/mol. The fourth-order valence-electron chi connectivity index (χ4n) is 4.30. The highest BCUT2D eigenvalue weighted by Crippen LogP contribution is 2.36. The summed E-state index contributed by atoms with van der Waals surface area (Å²) < 4.78 is 0. The standard InChI is InChI=1S/C23H23ClN4O4/c1-28(23(32)19(29)11-20(25)30)21-15-5-3-2-4-12(15)9-17(21)27-22(31)18-10-13-8-14(24)6-7-16(13)26-18/h2-8,10,17,19,21,26,29H,9,11H2,1H3,(H2,25,30)(H,27,31)/t17-,19+,21-/m1/s1. The van der Waals surface area contributed by atoms with Gasteiger partial charge < -0.3 is 26.0 Å². The molecule has 3 amide bonds. The number of carbonyl (C=O) groups excluding carboxylic acids is 3. The number of aromatic nitrogens is 1. The Hall–Kier alpha value is -3.36. The van der Waals surface area contributed by atoms with Gasteiger partial charge in [-0.05, 0) is 41.8 Å². The summed E-state index contributed by atoms with van der Waals surface area (Å²) in [7, 11) is 1.55. The number of carbonyl (C=O) groups is 3. The highest BCUT2D eigenvalue weighted by Gasteiger charge is 2.39. The molecule has 1 aromatic heterocycles. The van der Waals surface area contributed by atoms with E-state index >= 15 is 0 Å². The first-order chi connectivity index (χ1) is 15.2. The largest absolute Gasteiger partial charge is 0.383 e. The van der Waals surface area contributed by atoms with Crippen molar-refractivity contribution in [3.8, 4) is 0 Å². The van der Waals surface area contributed by atoms with E-state index in [-0.39, 0.29) is 5.91 Å². The van der Waals surface area contributed by atoms with Crippen molar-refractivity contribution in [3.05, 3.63) is 70.4 Å². The summed E-state index contributed by atoms with van der Waals surface area (Å²) in [5.74, 6) is -1.72. The molecule has 0 radical (unpaired) electrons. The molecular formula is C23H23ClN4O4. The third kappa shape index (κ3) is 4.19. The number of rotatable bonds is 6. The van der Waals surface area contributed by atoms with Crippen LogP contribution in [0.4, 0.5) is 0 Å². The number of fused-ring (bicyclic) bond motifs is 2. The molecule has 0 aliphatic heterocycles. The molecule has 5 N–H and O–H groups in total. The Morgan fingerprint density at radius 3 is 2.75 bits per heavy atom. The number of nitrogens with one attached hydrogen (secondary N) is 2. The van der Waals surface area contributed by atoms with E-state index in [1.807, 2.05) is 24.3 Å². The first-order valence-electron chi connectivity index (χ1n) is 10.1. The number of likely N-dealkylation sites (N-methyl/N-ethyl adjacent to an activating group) is 1. The van der Waals surface area contributed by atoms with Crippen molar-refractivity contribution < 1.29 is 19.5 Å². The second kappa shape index (κ2) is 8.64. The number of H-pyrrole nitrogens is 1. The fourth-order valence-corrected chi connectivity index (χ4v) is 4.48. The van der Waals surface area contributed by atoms with E-state index in [2.05, 4.69) is 10.3 Å². The van der Waals surface area contributed by atoms with Crippen LogP contribution < -0.4 is 11.1 Å². The minimum absolute atomic E-state index is 0.321. The van der Waals surface area contributed by atoms with Gasteiger partial charge in [0.15, 0.2) is 0 Å². The average molecular weight is 455 g/mol. The van der Waals surface area contributed by atoms with E-state index in [4.69, 9.17) is 17.3 Å². The van der Waals surface area contributed by atoms with Gasteiger partial charge in [-0.3, -0.25) is 14.4 Å². The van der Waals surface area contributed by atoms with Gasteiger partial charge in [-0.1, -0.05) is 35.9 Å². The summed E-state index contributed by atoms with van der Waals surface area (Å²) >= 11 is 6.04. The van der Waals surface area contributed by atoms with Crippen LogP contribution in [0.2, 0.25) is 5.02 Å². The topological polar surface area (TPSA) is 129 Å². The third-order valence-corrected chi connectivity index (χ3v) is 6.02. The monoisotopic (exact) mass is 454 g/mol. The van der Waals surface area contributed by atoms with Crippen molar-refractivity contribution in [2.24, 2.45) is 5.73 Å². The molecule has 0 saturated heterocycles. The van der Waals surface area contributed by atoms with E-state index in [9.17, 15) is 19.5 Å². The van der Waals surface area contributed by atoms with Gasteiger partial charge in [0, 0.05) is 23.0 Å². The number of hydrogen-bond donors (Lipinski definition) is 4. The zero-order chi connectivity index (χ0) is 23.0.